The van der Waals surface area contributed by atoms with Crippen molar-refractivity contribution in [2.24, 2.45) is 5.92 Å². The van der Waals surface area contributed by atoms with Crippen molar-refractivity contribution >= 4 is 23.7 Å². The van der Waals surface area contributed by atoms with Gasteiger partial charge in [0.1, 0.15) is 11.4 Å². The van der Waals surface area contributed by atoms with Crippen LogP contribution in [0.15, 0.2) is 54.6 Å². The van der Waals surface area contributed by atoms with E-state index in [1.165, 1.54) is 0 Å². The second-order valence-corrected chi connectivity index (χ2v) is 11.2. The molecule has 0 bridgehead atoms. The van der Waals surface area contributed by atoms with Crippen molar-refractivity contribution in [3.63, 3.8) is 0 Å². The summed E-state index contributed by atoms with van der Waals surface area (Å²) in [7, 11) is 0. The van der Waals surface area contributed by atoms with Crippen molar-refractivity contribution in [2.45, 2.75) is 45.6 Å². The molecule has 2 fully saturated rings. The van der Waals surface area contributed by atoms with Crippen LogP contribution in [0.1, 0.15) is 50.4 Å². The van der Waals surface area contributed by atoms with Crippen molar-refractivity contribution in [1.82, 2.24) is 14.7 Å². The first-order valence-electron chi connectivity index (χ1n) is 13.8. The van der Waals surface area contributed by atoms with Crippen LogP contribution in [0.25, 0.3) is 0 Å². The number of amides is 4. The Labute approximate surface area is 231 Å². The number of piperazine rings is 1. The van der Waals surface area contributed by atoms with Crippen LogP contribution in [-0.2, 0) is 4.74 Å². The maximum atomic E-state index is 13.1. The zero-order valence-corrected chi connectivity index (χ0v) is 23.2. The van der Waals surface area contributed by atoms with E-state index in [1.54, 1.807) is 26.8 Å². The molecule has 9 heteroatoms. The molecular weight excluding hydrogens is 496 g/mol. The van der Waals surface area contributed by atoms with Gasteiger partial charge in [-0.1, -0.05) is 24.3 Å². The SMILES string of the molecule is CC(C)(C)OC(=O)N1CCC(CCOc2cccc(C(=O)N3CCN(C(=O)Nc4ccccc4)CC3)c2)CC1. The van der Waals surface area contributed by atoms with Gasteiger partial charge in [0, 0.05) is 50.5 Å². The number of anilines is 1. The number of para-hydroxylation sites is 1. The lowest BCUT2D eigenvalue weighted by atomic mass is 9.94. The Morgan fingerprint density at radius 3 is 2.18 bits per heavy atom. The lowest BCUT2D eigenvalue weighted by molar-refractivity contribution is 0.0177. The Bertz CT molecular complexity index is 1120. The first kappa shape index (κ1) is 28.3. The summed E-state index contributed by atoms with van der Waals surface area (Å²) in [5.41, 5.74) is 0.856. The number of rotatable bonds is 6. The third-order valence-electron chi connectivity index (χ3n) is 7.02. The number of urea groups is 1. The number of hydrogen-bond donors (Lipinski definition) is 1. The molecular formula is C30H40N4O5. The van der Waals surface area contributed by atoms with E-state index in [2.05, 4.69) is 5.32 Å². The maximum absolute atomic E-state index is 13.1. The predicted molar refractivity (Wildman–Crippen MR) is 150 cm³/mol. The van der Waals surface area contributed by atoms with Gasteiger partial charge in [0.25, 0.3) is 5.91 Å². The van der Waals surface area contributed by atoms with Gasteiger partial charge in [-0.3, -0.25) is 4.79 Å². The molecule has 2 heterocycles. The second kappa shape index (κ2) is 12.9. The molecule has 0 aliphatic carbocycles. The molecule has 0 atom stereocenters. The van der Waals surface area contributed by atoms with Gasteiger partial charge in [0.15, 0.2) is 0 Å². The smallest absolute Gasteiger partial charge is 0.410 e. The van der Waals surface area contributed by atoms with Gasteiger partial charge in [0.05, 0.1) is 6.61 Å². The van der Waals surface area contributed by atoms with Gasteiger partial charge in [-0.05, 0) is 76.3 Å². The Morgan fingerprint density at radius 1 is 0.846 bits per heavy atom. The van der Waals surface area contributed by atoms with E-state index >= 15 is 0 Å². The summed E-state index contributed by atoms with van der Waals surface area (Å²) in [5.74, 6) is 1.11. The molecule has 0 unspecified atom stereocenters. The van der Waals surface area contributed by atoms with Gasteiger partial charge in [-0.2, -0.15) is 0 Å². The Balaban J connectivity index is 1.18. The van der Waals surface area contributed by atoms with Crippen molar-refractivity contribution in [2.75, 3.05) is 51.2 Å². The summed E-state index contributed by atoms with van der Waals surface area (Å²) in [5, 5.41) is 2.90. The van der Waals surface area contributed by atoms with E-state index in [4.69, 9.17) is 9.47 Å². The molecule has 4 amide bonds. The minimum absolute atomic E-state index is 0.0573. The summed E-state index contributed by atoms with van der Waals surface area (Å²) in [6.45, 7) is 9.52. The molecule has 210 valence electrons. The molecule has 0 saturated carbocycles. The van der Waals surface area contributed by atoms with Crippen LogP contribution in [-0.4, -0.2) is 84.2 Å². The van der Waals surface area contributed by atoms with Crippen LogP contribution in [0.4, 0.5) is 15.3 Å². The van der Waals surface area contributed by atoms with Crippen LogP contribution in [0.5, 0.6) is 5.75 Å². The molecule has 0 aromatic heterocycles. The lowest BCUT2D eigenvalue weighted by Crippen LogP contribution is -2.51. The zero-order chi connectivity index (χ0) is 27.8. The fourth-order valence-electron chi connectivity index (χ4n) is 4.81. The quantitative estimate of drug-likeness (QED) is 0.555. The number of ether oxygens (including phenoxy) is 2. The van der Waals surface area contributed by atoms with Crippen molar-refractivity contribution in [3.05, 3.63) is 60.2 Å². The molecule has 2 aliphatic heterocycles. The number of nitrogens with zero attached hydrogens (tertiary/aromatic N) is 3. The summed E-state index contributed by atoms with van der Waals surface area (Å²) in [6, 6.07) is 16.5. The topological polar surface area (TPSA) is 91.4 Å². The highest BCUT2D eigenvalue weighted by atomic mass is 16.6. The van der Waals surface area contributed by atoms with E-state index in [1.807, 2.05) is 63.2 Å². The molecule has 2 saturated heterocycles. The van der Waals surface area contributed by atoms with Crippen molar-refractivity contribution in [3.8, 4) is 5.75 Å². The van der Waals surface area contributed by atoms with Crippen LogP contribution in [0, 0.1) is 5.92 Å². The highest BCUT2D eigenvalue weighted by molar-refractivity contribution is 5.95. The Hall–Kier alpha value is -3.75. The third-order valence-corrected chi connectivity index (χ3v) is 7.02. The van der Waals surface area contributed by atoms with E-state index in [0.29, 0.717) is 63.1 Å². The molecule has 2 aromatic carbocycles. The molecule has 2 aromatic rings. The summed E-state index contributed by atoms with van der Waals surface area (Å²) < 4.78 is 11.5. The standard InChI is InChI=1S/C30H40N4O5/c1-30(2,3)39-29(37)34-15-12-23(13-16-34)14-21-38-26-11-7-8-24(22-26)27(35)32-17-19-33(20-18-32)28(36)31-25-9-5-4-6-10-25/h4-11,22-23H,12-21H2,1-3H3,(H,31,36). The van der Waals surface area contributed by atoms with Gasteiger partial charge in [-0.15, -0.1) is 0 Å². The van der Waals surface area contributed by atoms with Crippen LogP contribution < -0.4 is 10.1 Å². The number of benzene rings is 2. The Kier molecular flexibility index (Phi) is 9.32. The maximum Gasteiger partial charge on any atom is 0.410 e. The second-order valence-electron chi connectivity index (χ2n) is 11.2. The first-order valence-corrected chi connectivity index (χ1v) is 13.8. The average molecular weight is 537 g/mol. The zero-order valence-electron chi connectivity index (χ0n) is 23.2. The molecule has 4 rings (SSSR count). The minimum atomic E-state index is -0.481. The van der Waals surface area contributed by atoms with Crippen LogP contribution in [0.2, 0.25) is 0 Å². The highest BCUT2D eigenvalue weighted by Gasteiger charge is 2.27. The minimum Gasteiger partial charge on any atom is -0.494 e. The lowest BCUT2D eigenvalue weighted by Gasteiger charge is -2.34. The highest BCUT2D eigenvalue weighted by Crippen LogP contribution is 2.23. The summed E-state index contributed by atoms with van der Waals surface area (Å²) in [6.07, 6.45) is 2.51. The normalized spacial score (nSPS) is 16.5. The number of carbonyl (C=O) groups excluding carboxylic acids is 3. The predicted octanol–water partition coefficient (Wildman–Crippen LogP) is 5.09. The molecule has 9 nitrogen and oxygen atoms in total. The fourth-order valence-corrected chi connectivity index (χ4v) is 4.81. The summed E-state index contributed by atoms with van der Waals surface area (Å²) in [4.78, 5) is 43.2. The van der Waals surface area contributed by atoms with Gasteiger partial charge in [-0.25, -0.2) is 9.59 Å². The van der Waals surface area contributed by atoms with E-state index in [-0.39, 0.29) is 18.0 Å². The molecule has 2 aliphatic rings. The molecule has 0 radical (unpaired) electrons. The summed E-state index contributed by atoms with van der Waals surface area (Å²) >= 11 is 0. The van der Waals surface area contributed by atoms with Gasteiger partial charge < -0.3 is 29.5 Å². The molecule has 1 N–H and O–H groups in total. The van der Waals surface area contributed by atoms with Crippen LogP contribution in [0.3, 0.4) is 0 Å². The first-order chi connectivity index (χ1) is 18.7. The fraction of sp³-hybridized carbons (Fsp3) is 0.500. The number of piperidine rings is 1. The number of likely N-dealkylation sites (tertiary alicyclic amines) is 1. The number of carbonyl (C=O) groups is 3. The van der Waals surface area contributed by atoms with E-state index in [9.17, 15) is 14.4 Å². The third kappa shape index (κ3) is 8.37. The number of nitrogens with one attached hydrogen (secondary N) is 1. The Morgan fingerprint density at radius 2 is 1.51 bits per heavy atom. The van der Waals surface area contributed by atoms with E-state index < -0.39 is 5.60 Å². The molecule has 0 spiro atoms. The number of hydrogen-bond acceptors (Lipinski definition) is 5. The van der Waals surface area contributed by atoms with E-state index in [0.717, 1.165) is 24.9 Å². The largest absolute Gasteiger partial charge is 0.494 e. The van der Waals surface area contributed by atoms with Crippen LogP contribution >= 0.6 is 0 Å². The van der Waals surface area contributed by atoms with Crippen molar-refractivity contribution < 1.29 is 23.9 Å². The van der Waals surface area contributed by atoms with Gasteiger partial charge >= 0.3 is 12.1 Å². The van der Waals surface area contributed by atoms with Gasteiger partial charge in [0.2, 0.25) is 0 Å². The average Bonchev–Trinajstić information content (AvgIpc) is 2.93. The molecule has 39 heavy (non-hydrogen) atoms. The van der Waals surface area contributed by atoms with Crippen molar-refractivity contribution in [1.29, 1.82) is 0 Å². The monoisotopic (exact) mass is 536 g/mol.